The molecule has 1 aromatic carbocycles. The second kappa shape index (κ2) is 6.16. The predicted molar refractivity (Wildman–Crippen MR) is 87.3 cm³/mol. The summed E-state index contributed by atoms with van der Waals surface area (Å²) in [5.41, 5.74) is 1.13. The van der Waals surface area contributed by atoms with E-state index in [4.69, 9.17) is 4.74 Å². The Labute approximate surface area is 132 Å². The van der Waals surface area contributed by atoms with Crippen molar-refractivity contribution in [1.29, 1.82) is 0 Å². The zero-order chi connectivity index (χ0) is 15.7. The second-order valence-electron chi connectivity index (χ2n) is 6.44. The molecule has 3 atom stereocenters. The minimum atomic E-state index is 0.0417. The highest BCUT2D eigenvalue weighted by atomic mass is 16.5. The van der Waals surface area contributed by atoms with Gasteiger partial charge in [-0.25, -0.2) is 0 Å². The van der Waals surface area contributed by atoms with Gasteiger partial charge < -0.3 is 19.9 Å². The van der Waals surface area contributed by atoms with E-state index in [1.165, 1.54) is 6.42 Å². The van der Waals surface area contributed by atoms with Gasteiger partial charge in [-0.3, -0.25) is 4.79 Å². The van der Waals surface area contributed by atoms with Gasteiger partial charge in [-0.15, -0.1) is 0 Å². The van der Waals surface area contributed by atoms with E-state index in [9.17, 15) is 4.79 Å². The lowest BCUT2D eigenvalue weighted by Gasteiger charge is -2.26. The number of benzene rings is 1. The van der Waals surface area contributed by atoms with Crippen LogP contribution in [0.15, 0.2) is 24.3 Å². The third kappa shape index (κ3) is 3.19. The number of anilines is 1. The monoisotopic (exact) mass is 303 g/mol. The lowest BCUT2D eigenvalue weighted by atomic mass is 10.1. The van der Waals surface area contributed by atoms with Crippen LogP contribution in [0.1, 0.15) is 12.8 Å². The molecule has 0 bridgehead atoms. The number of fused-ring (bicyclic) bond motifs is 1. The van der Waals surface area contributed by atoms with Crippen molar-refractivity contribution in [2.45, 2.75) is 24.9 Å². The third-order valence-corrected chi connectivity index (χ3v) is 4.83. The number of ether oxygens (including phenoxy) is 1. The van der Waals surface area contributed by atoms with Crippen LogP contribution in [0.2, 0.25) is 0 Å². The summed E-state index contributed by atoms with van der Waals surface area (Å²) in [6.45, 7) is 1.54. The number of rotatable bonds is 6. The number of likely N-dealkylation sites (N-methyl/N-ethyl adjacent to an activating group) is 2. The molecule has 22 heavy (non-hydrogen) atoms. The average molecular weight is 303 g/mol. The fourth-order valence-corrected chi connectivity index (χ4v) is 3.16. The van der Waals surface area contributed by atoms with Gasteiger partial charge in [0.1, 0.15) is 5.75 Å². The summed E-state index contributed by atoms with van der Waals surface area (Å²) in [7, 11) is 5.61. The average Bonchev–Trinajstić information content (AvgIpc) is 3.17. The largest absolute Gasteiger partial charge is 0.497 e. The number of nitrogens with one attached hydrogen (secondary N) is 1. The van der Waals surface area contributed by atoms with Crippen LogP contribution in [0.4, 0.5) is 5.69 Å². The Balaban J connectivity index is 1.47. The molecule has 1 aliphatic heterocycles. The van der Waals surface area contributed by atoms with E-state index < -0.39 is 0 Å². The molecule has 1 aromatic rings. The Morgan fingerprint density at radius 3 is 2.55 bits per heavy atom. The zero-order valence-electron chi connectivity index (χ0n) is 13.6. The van der Waals surface area contributed by atoms with Crippen molar-refractivity contribution >= 4 is 11.6 Å². The highest BCUT2D eigenvalue weighted by molar-refractivity contribution is 5.82. The molecule has 0 radical (unpaired) electrons. The molecule has 5 heteroatoms. The van der Waals surface area contributed by atoms with Crippen LogP contribution in [0.3, 0.4) is 0 Å². The van der Waals surface area contributed by atoms with Gasteiger partial charge in [-0.05, 0) is 43.0 Å². The molecule has 0 unspecified atom stereocenters. The number of methoxy groups -OCH3 is 1. The molecule has 1 aliphatic carbocycles. The molecular formula is C17H25N3O2. The van der Waals surface area contributed by atoms with Crippen LogP contribution in [-0.4, -0.2) is 57.2 Å². The van der Waals surface area contributed by atoms with Crippen molar-refractivity contribution in [2.24, 2.45) is 5.92 Å². The standard InChI is InChI=1S/C17H25N3O2/c1-19(13-4-6-14(22-3)7-5-13)8-9-20(2)17(21)16-11-12-10-15(12)18-16/h4-7,12,15-16,18H,8-11H2,1-3H3/t12-,15-,16+/m1/s1. The van der Waals surface area contributed by atoms with E-state index in [1.54, 1.807) is 7.11 Å². The van der Waals surface area contributed by atoms with E-state index in [2.05, 4.69) is 10.2 Å². The van der Waals surface area contributed by atoms with Crippen LogP contribution >= 0.6 is 0 Å². The van der Waals surface area contributed by atoms with E-state index in [1.807, 2.05) is 43.3 Å². The van der Waals surface area contributed by atoms with Crippen molar-refractivity contribution < 1.29 is 9.53 Å². The number of nitrogens with zero attached hydrogens (tertiary/aromatic N) is 2. The minimum Gasteiger partial charge on any atom is -0.497 e. The quantitative estimate of drug-likeness (QED) is 0.861. The first-order valence-electron chi connectivity index (χ1n) is 7.94. The summed E-state index contributed by atoms with van der Waals surface area (Å²) in [5, 5.41) is 3.42. The van der Waals surface area contributed by atoms with E-state index >= 15 is 0 Å². The van der Waals surface area contributed by atoms with Crippen molar-refractivity contribution in [3.8, 4) is 5.75 Å². The molecular weight excluding hydrogens is 278 g/mol. The normalized spacial score (nSPS) is 25.5. The van der Waals surface area contributed by atoms with E-state index in [0.29, 0.717) is 6.04 Å². The lowest BCUT2D eigenvalue weighted by molar-refractivity contribution is -0.131. The molecule has 2 aliphatic rings. The van der Waals surface area contributed by atoms with Gasteiger partial charge in [0.2, 0.25) is 5.91 Å². The minimum absolute atomic E-state index is 0.0417. The number of amides is 1. The molecule has 0 spiro atoms. The summed E-state index contributed by atoms with van der Waals surface area (Å²) in [5.74, 6) is 1.84. The van der Waals surface area contributed by atoms with Crippen molar-refractivity contribution in [3.05, 3.63) is 24.3 Å². The Morgan fingerprint density at radius 2 is 1.95 bits per heavy atom. The highest BCUT2D eigenvalue weighted by Gasteiger charge is 2.48. The number of hydrogen-bond donors (Lipinski definition) is 1. The highest BCUT2D eigenvalue weighted by Crippen LogP contribution is 2.40. The molecule has 1 amide bonds. The smallest absolute Gasteiger partial charge is 0.239 e. The molecule has 5 nitrogen and oxygen atoms in total. The van der Waals surface area contributed by atoms with E-state index in [0.717, 1.165) is 36.9 Å². The number of carbonyl (C=O) groups excluding carboxylic acids is 1. The molecule has 1 N–H and O–H groups in total. The Morgan fingerprint density at radius 1 is 1.23 bits per heavy atom. The number of piperidine rings is 1. The maximum atomic E-state index is 12.4. The Bertz CT molecular complexity index is 521. The molecule has 1 saturated carbocycles. The summed E-state index contributed by atoms with van der Waals surface area (Å²) in [4.78, 5) is 16.4. The first-order valence-corrected chi connectivity index (χ1v) is 7.94. The van der Waals surface area contributed by atoms with Crippen molar-refractivity contribution in [2.75, 3.05) is 39.2 Å². The summed E-state index contributed by atoms with van der Waals surface area (Å²) in [6, 6.07) is 8.63. The first-order chi connectivity index (χ1) is 10.6. The molecule has 3 rings (SSSR count). The predicted octanol–water partition coefficient (Wildman–Crippen LogP) is 1.34. The second-order valence-corrected chi connectivity index (χ2v) is 6.44. The number of hydrogen-bond acceptors (Lipinski definition) is 4. The van der Waals surface area contributed by atoms with Gasteiger partial charge in [-0.1, -0.05) is 0 Å². The third-order valence-electron chi connectivity index (χ3n) is 4.83. The number of carbonyl (C=O) groups is 1. The van der Waals surface area contributed by atoms with Gasteiger partial charge in [0, 0.05) is 38.9 Å². The maximum Gasteiger partial charge on any atom is 0.239 e. The van der Waals surface area contributed by atoms with Gasteiger partial charge in [0.05, 0.1) is 13.2 Å². The Kier molecular flexibility index (Phi) is 4.25. The van der Waals surface area contributed by atoms with Crippen LogP contribution in [0.25, 0.3) is 0 Å². The fourth-order valence-electron chi connectivity index (χ4n) is 3.16. The van der Waals surface area contributed by atoms with Crippen LogP contribution in [0.5, 0.6) is 5.75 Å². The van der Waals surface area contributed by atoms with Crippen molar-refractivity contribution in [3.63, 3.8) is 0 Å². The van der Waals surface area contributed by atoms with Gasteiger partial charge >= 0.3 is 0 Å². The molecule has 1 saturated heterocycles. The summed E-state index contributed by atoms with van der Waals surface area (Å²) >= 11 is 0. The fraction of sp³-hybridized carbons (Fsp3) is 0.588. The Hall–Kier alpha value is -1.75. The maximum absolute atomic E-state index is 12.4. The molecule has 120 valence electrons. The first kappa shape index (κ1) is 15.2. The summed E-state index contributed by atoms with van der Waals surface area (Å²) in [6.07, 6.45) is 2.27. The van der Waals surface area contributed by atoms with Crippen LogP contribution in [-0.2, 0) is 4.79 Å². The topological polar surface area (TPSA) is 44.8 Å². The van der Waals surface area contributed by atoms with Gasteiger partial charge in [0.15, 0.2) is 0 Å². The summed E-state index contributed by atoms with van der Waals surface area (Å²) < 4.78 is 5.17. The molecule has 0 aromatic heterocycles. The molecule has 1 heterocycles. The van der Waals surface area contributed by atoms with Crippen LogP contribution < -0.4 is 15.0 Å². The SMILES string of the molecule is COc1ccc(N(C)CCN(C)C(=O)[C@@H]2C[C@H]3C[C@H]3N2)cc1. The van der Waals surface area contributed by atoms with Crippen molar-refractivity contribution in [1.82, 2.24) is 10.2 Å². The molecule has 2 fully saturated rings. The van der Waals surface area contributed by atoms with E-state index in [-0.39, 0.29) is 11.9 Å². The zero-order valence-corrected chi connectivity index (χ0v) is 13.6. The van der Waals surface area contributed by atoms with Gasteiger partial charge in [0.25, 0.3) is 0 Å². The van der Waals surface area contributed by atoms with Crippen LogP contribution in [0, 0.1) is 5.92 Å². The van der Waals surface area contributed by atoms with Gasteiger partial charge in [-0.2, -0.15) is 0 Å². The lowest BCUT2D eigenvalue weighted by Crippen LogP contribution is -2.45.